The molecular weight excluding hydrogens is 392 g/mol. The highest BCUT2D eigenvalue weighted by Crippen LogP contribution is 2.46. The fourth-order valence-electron chi connectivity index (χ4n) is 4.31. The van der Waals surface area contributed by atoms with Gasteiger partial charge in [-0.3, -0.25) is 0 Å². The number of phenols is 1. The molecule has 5 rings (SSSR count). The van der Waals surface area contributed by atoms with E-state index in [4.69, 9.17) is 20.2 Å². The largest absolute Gasteiger partial charge is 0.508 e. The molecule has 1 saturated heterocycles. The Morgan fingerprint density at radius 2 is 1.94 bits per heavy atom. The van der Waals surface area contributed by atoms with Crippen molar-refractivity contribution in [3.05, 3.63) is 70.6 Å². The van der Waals surface area contributed by atoms with Gasteiger partial charge < -0.3 is 25.2 Å². The van der Waals surface area contributed by atoms with Gasteiger partial charge in [0.2, 0.25) is 5.88 Å². The molecule has 3 heterocycles. The summed E-state index contributed by atoms with van der Waals surface area (Å²) >= 11 is 0. The zero-order valence-corrected chi connectivity index (χ0v) is 17.1. The Morgan fingerprint density at radius 3 is 2.71 bits per heavy atom. The first-order chi connectivity index (χ1) is 15.0. The van der Waals surface area contributed by atoms with E-state index >= 15 is 0 Å². The third kappa shape index (κ3) is 3.31. The molecule has 0 aliphatic carbocycles. The average Bonchev–Trinajstić information content (AvgIpc) is 2.77. The summed E-state index contributed by atoms with van der Waals surface area (Å²) in [6, 6.07) is 15.4. The van der Waals surface area contributed by atoms with E-state index in [0.29, 0.717) is 37.6 Å². The summed E-state index contributed by atoms with van der Waals surface area (Å²) in [5.74, 6) is 0.920. The summed E-state index contributed by atoms with van der Waals surface area (Å²) in [6.07, 6.45) is 0. The number of aryl methyl sites for hydroxylation is 1. The van der Waals surface area contributed by atoms with Crippen molar-refractivity contribution < 1.29 is 14.6 Å². The molecule has 31 heavy (non-hydrogen) atoms. The van der Waals surface area contributed by atoms with Crippen LogP contribution >= 0.6 is 0 Å². The number of allylic oxidation sites excluding steroid dienone is 1. The molecule has 2 aliphatic rings. The van der Waals surface area contributed by atoms with Gasteiger partial charge in [0, 0.05) is 35.7 Å². The first kappa shape index (κ1) is 19.2. The number of anilines is 1. The quantitative estimate of drug-likeness (QED) is 0.663. The number of morpholine rings is 1. The van der Waals surface area contributed by atoms with Crippen LogP contribution in [0.1, 0.15) is 22.6 Å². The summed E-state index contributed by atoms with van der Waals surface area (Å²) in [7, 11) is 0. The van der Waals surface area contributed by atoms with Gasteiger partial charge in [0.05, 0.1) is 24.6 Å². The second-order valence-electron chi connectivity index (χ2n) is 7.84. The zero-order valence-electron chi connectivity index (χ0n) is 17.1. The van der Waals surface area contributed by atoms with Crippen molar-refractivity contribution >= 4 is 16.7 Å². The first-order valence-electron chi connectivity index (χ1n) is 10.2. The Balaban J connectivity index is 1.79. The van der Waals surface area contributed by atoms with Gasteiger partial charge in [0.15, 0.2) is 0 Å². The van der Waals surface area contributed by atoms with E-state index in [0.717, 1.165) is 33.4 Å². The van der Waals surface area contributed by atoms with Gasteiger partial charge in [-0.2, -0.15) is 5.26 Å². The molecule has 0 spiro atoms. The molecular formula is C24H22N4O3. The van der Waals surface area contributed by atoms with Crippen molar-refractivity contribution in [3.63, 3.8) is 0 Å². The van der Waals surface area contributed by atoms with Crippen molar-refractivity contribution in [1.29, 1.82) is 5.26 Å². The van der Waals surface area contributed by atoms with E-state index in [1.165, 1.54) is 6.07 Å². The standard InChI is InChI=1S/C24H22N4O3/c1-14-2-5-20-15(10-14)11-18(24(27-20)28-6-8-30-9-7-28)22-17-4-3-16(29)12-21(17)31-23(26)19(22)13-25/h2-5,10-12,22,29H,6-9,26H2,1H3. The summed E-state index contributed by atoms with van der Waals surface area (Å²) in [6.45, 7) is 4.71. The van der Waals surface area contributed by atoms with Crippen molar-refractivity contribution in [2.75, 3.05) is 31.2 Å². The van der Waals surface area contributed by atoms with E-state index in [1.807, 2.05) is 19.1 Å². The molecule has 7 heteroatoms. The first-order valence-corrected chi connectivity index (χ1v) is 10.2. The Labute approximate surface area is 179 Å². The molecule has 156 valence electrons. The number of nitriles is 1. The molecule has 0 bridgehead atoms. The maximum Gasteiger partial charge on any atom is 0.205 e. The van der Waals surface area contributed by atoms with E-state index in [1.54, 1.807) is 12.1 Å². The fourth-order valence-corrected chi connectivity index (χ4v) is 4.31. The molecule has 3 N–H and O–H groups in total. The van der Waals surface area contributed by atoms with Gasteiger partial charge >= 0.3 is 0 Å². The van der Waals surface area contributed by atoms with Crippen molar-refractivity contribution in [2.24, 2.45) is 5.73 Å². The molecule has 1 unspecified atom stereocenters. The molecule has 1 fully saturated rings. The van der Waals surface area contributed by atoms with Crippen molar-refractivity contribution in [3.8, 4) is 17.6 Å². The molecule has 2 aliphatic heterocycles. The van der Waals surface area contributed by atoms with Crippen LogP contribution in [0.25, 0.3) is 10.9 Å². The highest BCUT2D eigenvalue weighted by atomic mass is 16.5. The van der Waals surface area contributed by atoms with Gasteiger partial charge in [-0.25, -0.2) is 4.98 Å². The van der Waals surface area contributed by atoms with Gasteiger partial charge in [0.25, 0.3) is 0 Å². The molecule has 1 aromatic heterocycles. The predicted molar refractivity (Wildman–Crippen MR) is 117 cm³/mol. The van der Waals surface area contributed by atoms with E-state index < -0.39 is 5.92 Å². The number of aromatic hydroxyl groups is 1. The Kier molecular flexibility index (Phi) is 4.64. The van der Waals surface area contributed by atoms with Crippen LogP contribution in [0, 0.1) is 18.3 Å². The summed E-state index contributed by atoms with van der Waals surface area (Å²) < 4.78 is 11.2. The minimum absolute atomic E-state index is 0.0443. The summed E-state index contributed by atoms with van der Waals surface area (Å²) in [5.41, 5.74) is 10.2. The minimum Gasteiger partial charge on any atom is -0.508 e. The summed E-state index contributed by atoms with van der Waals surface area (Å²) in [4.78, 5) is 7.20. The second-order valence-corrected chi connectivity index (χ2v) is 7.84. The number of fused-ring (bicyclic) bond motifs is 2. The van der Waals surface area contributed by atoms with Crippen LogP contribution in [0.4, 0.5) is 5.82 Å². The minimum atomic E-state index is -0.454. The lowest BCUT2D eigenvalue weighted by molar-refractivity contribution is 0.122. The number of phenolic OH excluding ortho intramolecular Hbond substituents is 1. The van der Waals surface area contributed by atoms with Gasteiger partial charge in [-0.15, -0.1) is 0 Å². The number of hydrogen-bond donors (Lipinski definition) is 2. The molecule has 2 aromatic carbocycles. The molecule has 1 atom stereocenters. The van der Waals surface area contributed by atoms with E-state index in [2.05, 4.69) is 23.1 Å². The highest BCUT2D eigenvalue weighted by molar-refractivity contribution is 5.84. The molecule has 7 nitrogen and oxygen atoms in total. The SMILES string of the molecule is Cc1ccc2nc(N3CCOCC3)c(C3C(C#N)=C(N)Oc4cc(O)ccc43)cc2c1. The number of pyridine rings is 1. The molecule has 3 aromatic rings. The normalized spacial score (nSPS) is 18.5. The smallest absolute Gasteiger partial charge is 0.205 e. The molecule has 0 saturated carbocycles. The second kappa shape index (κ2) is 7.49. The monoisotopic (exact) mass is 414 g/mol. The number of nitrogens with zero attached hydrogens (tertiary/aromatic N) is 3. The van der Waals surface area contributed by atoms with Crippen molar-refractivity contribution in [2.45, 2.75) is 12.8 Å². The number of aromatic nitrogens is 1. The topological polar surface area (TPSA) is 105 Å². The van der Waals surface area contributed by atoms with Crippen LogP contribution in [-0.4, -0.2) is 36.4 Å². The number of rotatable bonds is 2. The number of ether oxygens (including phenoxy) is 2. The Morgan fingerprint density at radius 1 is 1.13 bits per heavy atom. The number of benzene rings is 2. The maximum atomic E-state index is 9.96. The van der Waals surface area contributed by atoms with Crippen LogP contribution in [-0.2, 0) is 4.74 Å². The lowest BCUT2D eigenvalue weighted by Crippen LogP contribution is -2.38. The van der Waals surface area contributed by atoms with Gasteiger partial charge in [0.1, 0.15) is 29.0 Å². The molecule has 0 radical (unpaired) electrons. The van der Waals surface area contributed by atoms with E-state index in [9.17, 15) is 10.4 Å². The zero-order chi connectivity index (χ0) is 21.5. The molecule has 0 amide bonds. The van der Waals surface area contributed by atoms with Gasteiger partial charge in [-0.1, -0.05) is 17.7 Å². The third-order valence-electron chi connectivity index (χ3n) is 5.80. The lowest BCUT2D eigenvalue weighted by atomic mass is 9.83. The van der Waals surface area contributed by atoms with Crippen LogP contribution in [0.15, 0.2) is 53.9 Å². The van der Waals surface area contributed by atoms with Crippen LogP contribution in [0.2, 0.25) is 0 Å². The lowest BCUT2D eigenvalue weighted by Gasteiger charge is -2.33. The van der Waals surface area contributed by atoms with Crippen molar-refractivity contribution in [1.82, 2.24) is 4.98 Å². The Bertz CT molecular complexity index is 1260. The highest BCUT2D eigenvalue weighted by Gasteiger charge is 2.34. The number of hydrogen-bond acceptors (Lipinski definition) is 7. The van der Waals surface area contributed by atoms with Gasteiger partial charge in [-0.05, 0) is 31.2 Å². The maximum absolute atomic E-state index is 9.96. The average molecular weight is 414 g/mol. The van der Waals surface area contributed by atoms with E-state index in [-0.39, 0.29) is 11.6 Å². The third-order valence-corrected chi connectivity index (χ3v) is 5.80. The Hall–Kier alpha value is -3.76. The predicted octanol–water partition coefficient (Wildman–Crippen LogP) is 3.30. The van der Waals surface area contributed by atoms with Crippen LogP contribution < -0.4 is 15.4 Å². The number of nitrogens with two attached hydrogens (primary N) is 1. The fraction of sp³-hybridized carbons (Fsp3) is 0.250. The van der Waals surface area contributed by atoms with Crippen LogP contribution in [0.5, 0.6) is 11.5 Å². The summed E-state index contributed by atoms with van der Waals surface area (Å²) in [5, 5.41) is 20.9. The van der Waals surface area contributed by atoms with Crippen LogP contribution in [0.3, 0.4) is 0 Å².